The lowest BCUT2D eigenvalue weighted by molar-refractivity contribution is 0.355. The molecule has 2 rings (SSSR count). The molecule has 1 aromatic heterocycles. The van der Waals surface area contributed by atoms with Gasteiger partial charge < -0.3 is 19.2 Å². The number of rotatable bonds is 7. The largest absolute Gasteiger partial charge is 0.493 e. The van der Waals surface area contributed by atoms with Gasteiger partial charge in [-0.05, 0) is 30.7 Å². The van der Waals surface area contributed by atoms with E-state index in [0.717, 1.165) is 17.9 Å². The summed E-state index contributed by atoms with van der Waals surface area (Å²) in [5, 5.41) is 3.31. The van der Waals surface area contributed by atoms with Crippen LogP contribution in [0.3, 0.4) is 0 Å². The number of aromatic nitrogens is 1. The van der Waals surface area contributed by atoms with Gasteiger partial charge in [0, 0.05) is 5.56 Å². The number of ether oxygens (including phenoxy) is 2. The van der Waals surface area contributed by atoms with Crippen LogP contribution in [-0.2, 0) is 6.54 Å². The zero-order valence-corrected chi connectivity index (χ0v) is 13.0. The maximum absolute atomic E-state index is 5.75. The van der Waals surface area contributed by atoms with Gasteiger partial charge in [0.15, 0.2) is 17.3 Å². The van der Waals surface area contributed by atoms with Crippen molar-refractivity contribution in [3.8, 4) is 22.8 Å². The van der Waals surface area contributed by atoms with Gasteiger partial charge >= 0.3 is 0 Å². The van der Waals surface area contributed by atoms with E-state index in [0.29, 0.717) is 29.9 Å². The number of nitrogens with zero attached hydrogens (tertiary/aromatic N) is 1. The van der Waals surface area contributed by atoms with Gasteiger partial charge in [-0.1, -0.05) is 13.8 Å². The Balaban J connectivity index is 2.10. The molecule has 0 aliphatic carbocycles. The van der Waals surface area contributed by atoms with Gasteiger partial charge in [-0.3, -0.25) is 0 Å². The molecule has 1 heterocycles. The fourth-order valence-corrected chi connectivity index (χ4v) is 1.98. The van der Waals surface area contributed by atoms with Gasteiger partial charge in [-0.25, -0.2) is 4.98 Å². The van der Waals surface area contributed by atoms with Crippen LogP contribution in [0.1, 0.15) is 19.7 Å². The van der Waals surface area contributed by atoms with E-state index < -0.39 is 0 Å². The molecule has 0 fully saturated rings. The number of methoxy groups -OCH3 is 2. The Morgan fingerprint density at radius 2 is 1.95 bits per heavy atom. The number of hydrogen-bond donors (Lipinski definition) is 1. The standard InChI is InChI=1S/C16H22N2O3/c1-11(2)8-17-10-16-18-9-15(21-16)12-5-6-13(19-3)14(7-12)20-4/h5-7,9,11,17H,8,10H2,1-4H3. The normalized spacial score (nSPS) is 10.9. The monoisotopic (exact) mass is 290 g/mol. The predicted octanol–water partition coefficient (Wildman–Crippen LogP) is 3.10. The van der Waals surface area contributed by atoms with Crippen molar-refractivity contribution in [3.63, 3.8) is 0 Å². The van der Waals surface area contributed by atoms with Gasteiger partial charge in [0.05, 0.1) is 27.0 Å². The highest BCUT2D eigenvalue weighted by atomic mass is 16.5. The average Bonchev–Trinajstić information content (AvgIpc) is 2.95. The zero-order valence-electron chi connectivity index (χ0n) is 13.0. The van der Waals surface area contributed by atoms with Gasteiger partial charge in [-0.15, -0.1) is 0 Å². The van der Waals surface area contributed by atoms with Crippen molar-refractivity contribution in [1.82, 2.24) is 10.3 Å². The molecule has 0 saturated carbocycles. The van der Waals surface area contributed by atoms with Crippen molar-refractivity contribution >= 4 is 0 Å². The highest BCUT2D eigenvalue weighted by Gasteiger charge is 2.10. The Kier molecular flexibility index (Phi) is 5.22. The molecule has 0 spiro atoms. The van der Waals surface area contributed by atoms with E-state index in [1.54, 1.807) is 20.4 Å². The SMILES string of the molecule is COc1ccc(-c2cnc(CNCC(C)C)o2)cc1OC. The first-order chi connectivity index (χ1) is 10.1. The molecule has 2 aromatic rings. The molecule has 0 bridgehead atoms. The maximum Gasteiger partial charge on any atom is 0.208 e. The maximum atomic E-state index is 5.75. The third-order valence-corrected chi connectivity index (χ3v) is 3.05. The van der Waals surface area contributed by atoms with Gasteiger partial charge in [0.25, 0.3) is 0 Å². The molecule has 0 unspecified atom stereocenters. The molecule has 0 atom stereocenters. The minimum Gasteiger partial charge on any atom is -0.493 e. The van der Waals surface area contributed by atoms with Crippen LogP contribution in [0.5, 0.6) is 11.5 Å². The number of nitrogens with one attached hydrogen (secondary N) is 1. The van der Waals surface area contributed by atoms with E-state index in [-0.39, 0.29) is 0 Å². The van der Waals surface area contributed by atoms with Gasteiger partial charge in [0.1, 0.15) is 0 Å². The molecule has 0 amide bonds. The van der Waals surface area contributed by atoms with Crippen LogP contribution >= 0.6 is 0 Å². The lowest BCUT2D eigenvalue weighted by atomic mass is 10.1. The van der Waals surface area contributed by atoms with Crippen LogP contribution in [0.15, 0.2) is 28.8 Å². The second kappa shape index (κ2) is 7.13. The highest BCUT2D eigenvalue weighted by molar-refractivity contribution is 5.62. The summed E-state index contributed by atoms with van der Waals surface area (Å²) >= 11 is 0. The molecule has 0 saturated heterocycles. The smallest absolute Gasteiger partial charge is 0.208 e. The second-order valence-corrected chi connectivity index (χ2v) is 5.21. The molecule has 0 aliphatic heterocycles. The summed E-state index contributed by atoms with van der Waals surface area (Å²) < 4.78 is 16.3. The summed E-state index contributed by atoms with van der Waals surface area (Å²) in [4.78, 5) is 4.29. The van der Waals surface area contributed by atoms with E-state index in [1.165, 1.54) is 0 Å². The van der Waals surface area contributed by atoms with Crippen molar-refractivity contribution in [1.29, 1.82) is 0 Å². The lowest BCUT2D eigenvalue weighted by Crippen LogP contribution is -2.18. The summed E-state index contributed by atoms with van der Waals surface area (Å²) in [6.45, 7) is 5.90. The minimum atomic E-state index is 0.602. The first-order valence-corrected chi connectivity index (χ1v) is 7.02. The first-order valence-electron chi connectivity index (χ1n) is 7.02. The first kappa shape index (κ1) is 15.4. The summed E-state index contributed by atoms with van der Waals surface area (Å²) in [6.07, 6.45) is 1.73. The van der Waals surface area contributed by atoms with E-state index in [1.807, 2.05) is 18.2 Å². The van der Waals surface area contributed by atoms with Crippen molar-refractivity contribution in [3.05, 3.63) is 30.3 Å². The molecule has 21 heavy (non-hydrogen) atoms. The quantitative estimate of drug-likeness (QED) is 0.849. The molecule has 1 aromatic carbocycles. The Bertz CT molecular complexity index is 579. The molecule has 0 radical (unpaired) electrons. The lowest BCUT2D eigenvalue weighted by Gasteiger charge is -2.08. The van der Waals surface area contributed by atoms with Crippen LogP contribution in [0.4, 0.5) is 0 Å². The Morgan fingerprint density at radius 3 is 2.62 bits per heavy atom. The molecule has 5 heteroatoms. The van der Waals surface area contributed by atoms with Crippen LogP contribution in [0.2, 0.25) is 0 Å². The van der Waals surface area contributed by atoms with Crippen molar-refractivity contribution in [2.45, 2.75) is 20.4 Å². The number of oxazole rings is 1. The van der Waals surface area contributed by atoms with Gasteiger partial charge in [0.2, 0.25) is 5.89 Å². The van der Waals surface area contributed by atoms with Crippen molar-refractivity contribution in [2.24, 2.45) is 5.92 Å². The van der Waals surface area contributed by atoms with Crippen molar-refractivity contribution < 1.29 is 13.9 Å². The summed E-state index contributed by atoms with van der Waals surface area (Å²) in [6, 6.07) is 5.66. The van der Waals surface area contributed by atoms with Crippen LogP contribution < -0.4 is 14.8 Å². The zero-order chi connectivity index (χ0) is 15.2. The van der Waals surface area contributed by atoms with Crippen molar-refractivity contribution in [2.75, 3.05) is 20.8 Å². The summed E-state index contributed by atoms with van der Waals surface area (Å²) in [5.41, 5.74) is 0.912. The van der Waals surface area contributed by atoms with E-state index in [9.17, 15) is 0 Å². The number of benzene rings is 1. The van der Waals surface area contributed by atoms with E-state index >= 15 is 0 Å². The molecule has 114 valence electrons. The van der Waals surface area contributed by atoms with Gasteiger partial charge in [-0.2, -0.15) is 0 Å². The van der Waals surface area contributed by atoms with Crippen LogP contribution in [0.25, 0.3) is 11.3 Å². The molecular formula is C16H22N2O3. The summed E-state index contributed by atoms with van der Waals surface area (Å²) in [7, 11) is 3.23. The Morgan fingerprint density at radius 1 is 1.19 bits per heavy atom. The molecule has 0 aliphatic rings. The minimum absolute atomic E-state index is 0.602. The Labute approximate surface area is 125 Å². The third kappa shape index (κ3) is 3.98. The van der Waals surface area contributed by atoms with E-state index in [2.05, 4.69) is 24.1 Å². The fourth-order valence-electron chi connectivity index (χ4n) is 1.98. The topological polar surface area (TPSA) is 56.5 Å². The Hall–Kier alpha value is -2.01. The van der Waals surface area contributed by atoms with Crippen LogP contribution in [-0.4, -0.2) is 25.7 Å². The fraction of sp³-hybridized carbons (Fsp3) is 0.438. The highest BCUT2D eigenvalue weighted by Crippen LogP contribution is 2.32. The second-order valence-electron chi connectivity index (χ2n) is 5.21. The predicted molar refractivity (Wildman–Crippen MR) is 81.6 cm³/mol. The van der Waals surface area contributed by atoms with E-state index in [4.69, 9.17) is 13.9 Å². The molecule has 1 N–H and O–H groups in total. The third-order valence-electron chi connectivity index (χ3n) is 3.05. The summed E-state index contributed by atoms with van der Waals surface area (Å²) in [5.74, 6) is 3.37. The molecular weight excluding hydrogens is 268 g/mol. The van der Waals surface area contributed by atoms with Crippen LogP contribution in [0, 0.1) is 5.92 Å². The average molecular weight is 290 g/mol. The molecule has 5 nitrogen and oxygen atoms in total. The number of hydrogen-bond acceptors (Lipinski definition) is 5.